The quantitative estimate of drug-likeness (QED) is 0.324. The van der Waals surface area contributed by atoms with Crippen molar-refractivity contribution in [1.29, 1.82) is 0 Å². The number of aromatic nitrogens is 6. The van der Waals surface area contributed by atoms with E-state index in [9.17, 15) is 0 Å². The van der Waals surface area contributed by atoms with Crippen LogP contribution >= 0.6 is 11.3 Å². The Morgan fingerprint density at radius 3 is 2.74 bits per heavy atom. The number of hydrogen-bond acceptors (Lipinski definition) is 7. The second-order valence-electron chi connectivity index (χ2n) is 8.56. The lowest BCUT2D eigenvalue weighted by Crippen LogP contribution is -2.19. The highest BCUT2D eigenvalue weighted by atomic mass is 32.1. The van der Waals surface area contributed by atoms with Gasteiger partial charge in [-0.25, -0.2) is 0 Å². The Morgan fingerprint density at radius 2 is 1.89 bits per heavy atom. The van der Waals surface area contributed by atoms with Gasteiger partial charge >= 0.3 is 0 Å². The van der Waals surface area contributed by atoms with Crippen LogP contribution in [-0.2, 0) is 0 Å². The molecular formula is C26H23N7OS. The summed E-state index contributed by atoms with van der Waals surface area (Å²) < 4.78 is 5.86. The third-order valence-electron chi connectivity index (χ3n) is 5.85. The smallest absolute Gasteiger partial charge is 0.138 e. The molecule has 0 aliphatic carbocycles. The molecule has 0 fully saturated rings. The number of hydrogen-bond donors (Lipinski definition) is 2. The molecule has 0 amide bonds. The van der Waals surface area contributed by atoms with Crippen LogP contribution in [0.25, 0.3) is 54.9 Å². The molecular weight excluding hydrogens is 458 g/mol. The Balaban J connectivity index is 1.38. The van der Waals surface area contributed by atoms with Crippen molar-refractivity contribution in [1.82, 2.24) is 35.0 Å². The van der Waals surface area contributed by atoms with Crippen molar-refractivity contribution in [2.24, 2.45) is 0 Å². The Bertz CT molecular complexity index is 1620. The van der Waals surface area contributed by atoms with E-state index in [1.807, 2.05) is 44.8 Å². The molecule has 8 nitrogen and oxygen atoms in total. The summed E-state index contributed by atoms with van der Waals surface area (Å²) in [5, 5.41) is 11.9. The van der Waals surface area contributed by atoms with Gasteiger partial charge in [-0.2, -0.15) is 5.10 Å². The van der Waals surface area contributed by atoms with E-state index < -0.39 is 0 Å². The largest absolute Gasteiger partial charge is 0.491 e. The average molecular weight is 482 g/mol. The van der Waals surface area contributed by atoms with Gasteiger partial charge in [0.1, 0.15) is 18.1 Å². The number of nitrogens with one attached hydrogen (secondary N) is 2. The zero-order valence-corrected chi connectivity index (χ0v) is 20.1. The van der Waals surface area contributed by atoms with E-state index in [2.05, 4.69) is 58.6 Å². The Morgan fingerprint density at radius 1 is 0.971 bits per heavy atom. The second kappa shape index (κ2) is 8.94. The molecule has 0 aliphatic rings. The first-order valence-electron chi connectivity index (χ1n) is 11.2. The molecule has 6 aromatic heterocycles. The van der Waals surface area contributed by atoms with Crippen molar-refractivity contribution in [3.8, 4) is 38.8 Å². The fraction of sp³-hybridized carbons (Fsp3) is 0.154. The van der Waals surface area contributed by atoms with Gasteiger partial charge in [-0.05, 0) is 43.7 Å². The summed E-state index contributed by atoms with van der Waals surface area (Å²) in [4.78, 5) is 20.2. The highest BCUT2D eigenvalue weighted by molar-refractivity contribution is 7.13. The van der Waals surface area contributed by atoms with E-state index in [-0.39, 0.29) is 0 Å². The highest BCUT2D eigenvalue weighted by Gasteiger charge is 2.15. The molecule has 6 heterocycles. The molecule has 6 rings (SSSR count). The predicted octanol–water partition coefficient (Wildman–Crippen LogP) is 5.23. The molecule has 9 heteroatoms. The summed E-state index contributed by atoms with van der Waals surface area (Å²) in [5.74, 6) is 0.725. The predicted molar refractivity (Wildman–Crippen MR) is 140 cm³/mol. The van der Waals surface area contributed by atoms with E-state index in [1.54, 1.807) is 23.7 Å². The maximum Gasteiger partial charge on any atom is 0.138 e. The summed E-state index contributed by atoms with van der Waals surface area (Å²) in [6.45, 7) is 1.43. The minimum absolute atomic E-state index is 0.596. The van der Waals surface area contributed by atoms with E-state index in [4.69, 9.17) is 4.74 Å². The fourth-order valence-corrected chi connectivity index (χ4v) is 4.82. The van der Waals surface area contributed by atoms with Crippen LogP contribution in [0.3, 0.4) is 0 Å². The SMILES string of the molecule is CN(C)CCOc1cncc(-c2cc3c(-c4cc5c(-c6cccs6)cncc5[nH]4)n[nH]c3cn2)c1. The Hall–Kier alpha value is -4.08. The first-order valence-corrected chi connectivity index (χ1v) is 12.1. The lowest BCUT2D eigenvalue weighted by Gasteiger charge is -2.11. The van der Waals surface area contributed by atoms with Gasteiger partial charge in [0.15, 0.2) is 0 Å². The van der Waals surface area contributed by atoms with Crippen molar-refractivity contribution in [2.45, 2.75) is 0 Å². The summed E-state index contributed by atoms with van der Waals surface area (Å²) in [7, 11) is 4.04. The topological polar surface area (TPSA) is 95.6 Å². The summed E-state index contributed by atoms with van der Waals surface area (Å²) >= 11 is 1.70. The summed E-state index contributed by atoms with van der Waals surface area (Å²) in [6, 6.07) is 10.3. The number of H-pyrrole nitrogens is 2. The van der Waals surface area contributed by atoms with Crippen LogP contribution in [0.15, 0.2) is 66.7 Å². The fourth-order valence-electron chi connectivity index (χ4n) is 4.07. The van der Waals surface area contributed by atoms with Gasteiger partial charge in [0, 0.05) is 45.7 Å². The van der Waals surface area contributed by atoms with Crippen LogP contribution in [-0.4, -0.2) is 62.3 Å². The molecule has 0 aliphatic heterocycles. The van der Waals surface area contributed by atoms with E-state index in [0.29, 0.717) is 6.61 Å². The monoisotopic (exact) mass is 481 g/mol. The maximum atomic E-state index is 5.86. The third-order valence-corrected chi connectivity index (χ3v) is 6.75. The number of fused-ring (bicyclic) bond motifs is 2. The van der Waals surface area contributed by atoms with Crippen molar-refractivity contribution in [3.63, 3.8) is 0 Å². The lowest BCUT2D eigenvalue weighted by atomic mass is 10.1. The van der Waals surface area contributed by atoms with Crippen LogP contribution in [0.4, 0.5) is 0 Å². The molecule has 0 saturated heterocycles. The number of thiophene rings is 1. The lowest BCUT2D eigenvalue weighted by molar-refractivity contribution is 0.261. The first-order chi connectivity index (χ1) is 17.2. The maximum absolute atomic E-state index is 5.86. The van der Waals surface area contributed by atoms with E-state index in [0.717, 1.165) is 62.3 Å². The van der Waals surface area contributed by atoms with Gasteiger partial charge < -0.3 is 14.6 Å². The number of rotatable bonds is 7. The van der Waals surface area contributed by atoms with Crippen molar-refractivity contribution >= 4 is 33.1 Å². The Kier molecular flexibility index (Phi) is 5.48. The second-order valence-corrected chi connectivity index (χ2v) is 9.50. The van der Waals surface area contributed by atoms with E-state index in [1.165, 1.54) is 4.88 Å². The minimum Gasteiger partial charge on any atom is -0.491 e. The number of pyridine rings is 3. The molecule has 0 atom stereocenters. The molecule has 35 heavy (non-hydrogen) atoms. The van der Waals surface area contributed by atoms with Gasteiger partial charge in [-0.1, -0.05) is 6.07 Å². The van der Waals surface area contributed by atoms with Crippen molar-refractivity contribution in [2.75, 3.05) is 27.2 Å². The van der Waals surface area contributed by atoms with Crippen molar-refractivity contribution in [3.05, 3.63) is 66.7 Å². The van der Waals surface area contributed by atoms with Gasteiger partial charge in [0.05, 0.1) is 41.0 Å². The number of ether oxygens (including phenoxy) is 1. The van der Waals surface area contributed by atoms with Gasteiger partial charge in [0.25, 0.3) is 0 Å². The molecule has 2 N–H and O–H groups in total. The Labute approximate surface area is 205 Å². The van der Waals surface area contributed by atoms with Crippen LogP contribution in [0.1, 0.15) is 0 Å². The standard InChI is InChI=1S/C26H23N7OS/c1-33(2)5-6-34-17-8-16(11-27-12-17)21-10-19-24(15-29-21)31-32-26(19)22-9-18-20(25-4-3-7-35-25)13-28-14-23(18)30-22/h3-4,7-15,30H,5-6H2,1-2H3,(H,31,32). The third kappa shape index (κ3) is 4.16. The summed E-state index contributed by atoms with van der Waals surface area (Å²) in [5.41, 5.74) is 6.41. The molecule has 0 bridgehead atoms. The van der Waals surface area contributed by atoms with Gasteiger partial charge in [-0.3, -0.25) is 20.1 Å². The average Bonchev–Trinajstić information content (AvgIpc) is 3.62. The first kappa shape index (κ1) is 21.5. The normalized spacial score (nSPS) is 11.6. The molecule has 0 radical (unpaired) electrons. The van der Waals surface area contributed by atoms with E-state index >= 15 is 0 Å². The number of likely N-dealkylation sites (N-methyl/N-ethyl adjacent to an activating group) is 1. The molecule has 6 aromatic rings. The molecule has 0 spiro atoms. The molecule has 0 aromatic carbocycles. The molecule has 0 saturated carbocycles. The minimum atomic E-state index is 0.596. The molecule has 0 unspecified atom stereocenters. The van der Waals surface area contributed by atoms with Crippen LogP contribution < -0.4 is 4.74 Å². The highest BCUT2D eigenvalue weighted by Crippen LogP contribution is 2.35. The number of nitrogens with zero attached hydrogens (tertiary/aromatic N) is 5. The zero-order chi connectivity index (χ0) is 23.8. The van der Waals surface area contributed by atoms with Crippen LogP contribution in [0.2, 0.25) is 0 Å². The van der Waals surface area contributed by atoms with Gasteiger partial charge in [0.2, 0.25) is 0 Å². The van der Waals surface area contributed by atoms with Gasteiger partial charge in [-0.15, -0.1) is 11.3 Å². The van der Waals surface area contributed by atoms with Crippen LogP contribution in [0.5, 0.6) is 5.75 Å². The number of aromatic amines is 2. The summed E-state index contributed by atoms with van der Waals surface area (Å²) in [6.07, 6.45) is 9.10. The van der Waals surface area contributed by atoms with Crippen LogP contribution in [0, 0.1) is 0 Å². The zero-order valence-electron chi connectivity index (χ0n) is 19.3. The molecule has 174 valence electrons. The van der Waals surface area contributed by atoms with Crippen molar-refractivity contribution < 1.29 is 4.74 Å².